The van der Waals surface area contributed by atoms with Crippen LogP contribution in [0.15, 0.2) is 42.5 Å². The van der Waals surface area contributed by atoms with Gasteiger partial charge >= 0.3 is 6.18 Å². The van der Waals surface area contributed by atoms with Crippen LogP contribution in [0.1, 0.15) is 15.9 Å². The summed E-state index contributed by atoms with van der Waals surface area (Å²) in [7, 11) is 0. The summed E-state index contributed by atoms with van der Waals surface area (Å²) in [6, 6.07) is 8.63. The van der Waals surface area contributed by atoms with Crippen LogP contribution < -0.4 is 10.1 Å². The van der Waals surface area contributed by atoms with Gasteiger partial charge < -0.3 is 15.2 Å². The lowest BCUT2D eigenvalue weighted by Crippen LogP contribution is -2.35. The van der Waals surface area contributed by atoms with Crippen LogP contribution in [0.2, 0.25) is 10.0 Å². The summed E-state index contributed by atoms with van der Waals surface area (Å²) < 4.78 is 43.0. The molecule has 1 atom stereocenters. The van der Waals surface area contributed by atoms with E-state index in [-0.39, 0.29) is 29.5 Å². The Morgan fingerprint density at radius 3 is 2.58 bits per heavy atom. The molecule has 26 heavy (non-hydrogen) atoms. The number of amides is 1. The van der Waals surface area contributed by atoms with Crippen LogP contribution in [-0.4, -0.2) is 30.3 Å². The average Bonchev–Trinajstić information content (AvgIpc) is 2.57. The van der Waals surface area contributed by atoms with E-state index in [0.29, 0.717) is 5.02 Å². The molecule has 0 saturated carbocycles. The molecule has 9 heteroatoms. The van der Waals surface area contributed by atoms with Gasteiger partial charge in [-0.3, -0.25) is 4.79 Å². The second-order valence-electron chi connectivity index (χ2n) is 5.32. The van der Waals surface area contributed by atoms with E-state index < -0.39 is 23.8 Å². The van der Waals surface area contributed by atoms with Crippen LogP contribution in [0.3, 0.4) is 0 Å². The number of halogens is 5. The van der Waals surface area contributed by atoms with Crippen molar-refractivity contribution in [3.63, 3.8) is 0 Å². The zero-order valence-corrected chi connectivity index (χ0v) is 14.7. The normalized spacial score (nSPS) is 12.5. The molecule has 0 saturated heterocycles. The lowest BCUT2D eigenvalue weighted by Gasteiger charge is -2.15. The van der Waals surface area contributed by atoms with E-state index in [2.05, 4.69) is 5.32 Å². The van der Waals surface area contributed by atoms with Gasteiger partial charge in [-0.2, -0.15) is 13.2 Å². The molecule has 0 aliphatic rings. The first kappa shape index (κ1) is 20.4. The summed E-state index contributed by atoms with van der Waals surface area (Å²) in [5.41, 5.74) is -0.669. The van der Waals surface area contributed by atoms with Crippen molar-refractivity contribution in [2.75, 3.05) is 13.2 Å². The highest BCUT2D eigenvalue weighted by atomic mass is 35.5. The van der Waals surface area contributed by atoms with Crippen molar-refractivity contribution in [1.82, 2.24) is 5.32 Å². The summed E-state index contributed by atoms with van der Waals surface area (Å²) in [6.07, 6.45) is -5.61. The van der Waals surface area contributed by atoms with Crippen LogP contribution in [-0.2, 0) is 6.18 Å². The predicted molar refractivity (Wildman–Crippen MR) is 91.7 cm³/mol. The van der Waals surface area contributed by atoms with Crippen molar-refractivity contribution in [2.24, 2.45) is 0 Å². The Morgan fingerprint density at radius 2 is 1.92 bits per heavy atom. The molecule has 0 fully saturated rings. The van der Waals surface area contributed by atoms with Crippen molar-refractivity contribution >= 4 is 29.1 Å². The van der Waals surface area contributed by atoms with Gasteiger partial charge in [0.1, 0.15) is 18.5 Å². The van der Waals surface area contributed by atoms with Gasteiger partial charge in [0.25, 0.3) is 5.91 Å². The van der Waals surface area contributed by atoms with Gasteiger partial charge in [-0.15, -0.1) is 0 Å². The number of nitrogens with one attached hydrogen (secondary N) is 1. The third-order valence-electron chi connectivity index (χ3n) is 3.28. The quantitative estimate of drug-likeness (QED) is 0.754. The summed E-state index contributed by atoms with van der Waals surface area (Å²) in [5, 5.41) is 12.8. The van der Waals surface area contributed by atoms with E-state index in [9.17, 15) is 23.1 Å². The van der Waals surface area contributed by atoms with Gasteiger partial charge in [0.2, 0.25) is 0 Å². The molecule has 0 aliphatic carbocycles. The van der Waals surface area contributed by atoms with E-state index in [1.54, 1.807) is 0 Å². The van der Waals surface area contributed by atoms with Crippen LogP contribution in [0, 0.1) is 0 Å². The third kappa shape index (κ3) is 5.79. The molecule has 2 N–H and O–H groups in total. The number of rotatable bonds is 6. The monoisotopic (exact) mass is 407 g/mol. The molecule has 0 bridgehead atoms. The van der Waals surface area contributed by atoms with Crippen LogP contribution in [0.5, 0.6) is 5.75 Å². The molecule has 0 heterocycles. The van der Waals surface area contributed by atoms with E-state index >= 15 is 0 Å². The zero-order chi connectivity index (χ0) is 19.3. The number of carbonyl (C=O) groups is 1. The predicted octanol–water partition coefficient (Wildman–Crippen LogP) is 4.18. The van der Waals surface area contributed by atoms with Crippen LogP contribution in [0.25, 0.3) is 0 Å². The maximum atomic E-state index is 12.6. The summed E-state index contributed by atoms with van der Waals surface area (Å²) in [5.74, 6) is -0.560. The maximum Gasteiger partial charge on any atom is 0.416 e. The lowest BCUT2D eigenvalue weighted by molar-refractivity contribution is -0.137. The van der Waals surface area contributed by atoms with Gasteiger partial charge in [-0.1, -0.05) is 29.3 Å². The maximum absolute atomic E-state index is 12.6. The number of aliphatic hydroxyl groups is 1. The van der Waals surface area contributed by atoms with E-state index in [1.807, 2.05) is 0 Å². The topological polar surface area (TPSA) is 58.6 Å². The molecular formula is C17H14Cl2F3NO3. The molecule has 0 spiro atoms. The smallest absolute Gasteiger partial charge is 0.416 e. The summed E-state index contributed by atoms with van der Waals surface area (Å²) >= 11 is 11.7. The molecule has 2 aromatic carbocycles. The molecule has 0 aromatic heterocycles. The minimum absolute atomic E-state index is 0.0362. The molecule has 0 radical (unpaired) electrons. The molecule has 0 aliphatic heterocycles. The van der Waals surface area contributed by atoms with Gasteiger partial charge in [-0.05, 0) is 36.4 Å². The van der Waals surface area contributed by atoms with Crippen molar-refractivity contribution in [2.45, 2.75) is 12.3 Å². The first-order chi connectivity index (χ1) is 12.2. The standard InChI is InChI=1S/C17H14Cl2F3NO3/c18-11-4-5-14(15(19)7-11)16(25)23-8-12(24)9-26-13-3-1-2-10(6-13)17(20,21)22/h1-7,12,24H,8-9H2,(H,23,25). The Labute approximate surface area is 157 Å². The van der Waals surface area contributed by atoms with Crippen molar-refractivity contribution < 1.29 is 27.8 Å². The molecule has 1 amide bonds. The van der Waals surface area contributed by atoms with Crippen molar-refractivity contribution in [3.05, 3.63) is 63.6 Å². The van der Waals surface area contributed by atoms with Crippen molar-refractivity contribution in [1.29, 1.82) is 0 Å². The highest BCUT2D eigenvalue weighted by molar-refractivity contribution is 6.36. The van der Waals surface area contributed by atoms with E-state index in [1.165, 1.54) is 30.3 Å². The number of hydrogen-bond donors (Lipinski definition) is 2. The van der Waals surface area contributed by atoms with Crippen molar-refractivity contribution in [3.8, 4) is 5.75 Å². The highest BCUT2D eigenvalue weighted by Crippen LogP contribution is 2.31. The molecule has 4 nitrogen and oxygen atoms in total. The molecule has 140 valence electrons. The average molecular weight is 408 g/mol. The number of carbonyl (C=O) groups excluding carboxylic acids is 1. The Kier molecular flexibility index (Phi) is 6.75. The van der Waals surface area contributed by atoms with Gasteiger partial charge in [0, 0.05) is 11.6 Å². The first-order valence-corrected chi connectivity index (χ1v) is 8.14. The minimum Gasteiger partial charge on any atom is -0.491 e. The van der Waals surface area contributed by atoms with Crippen LogP contribution >= 0.6 is 23.2 Å². The number of aliphatic hydroxyl groups excluding tert-OH is 1. The fraction of sp³-hybridized carbons (Fsp3) is 0.235. The largest absolute Gasteiger partial charge is 0.491 e. The number of ether oxygens (including phenoxy) is 1. The molecular weight excluding hydrogens is 394 g/mol. The second kappa shape index (κ2) is 8.62. The second-order valence-corrected chi connectivity index (χ2v) is 6.17. The number of benzene rings is 2. The fourth-order valence-corrected chi connectivity index (χ4v) is 2.49. The summed E-state index contributed by atoms with van der Waals surface area (Å²) in [6.45, 7) is -0.466. The molecule has 2 aromatic rings. The van der Waals surface area contributed by atoms with E-state index in [4.69, 9.17) is 27.9 Å². The number of alkyl halides is 3. The lowest BCUT2D eigenvalue weighted by atomic mass is 10.2. The Balaban J connectivity index is 1.85. The highest BCUT2D eigenvalue weighted by Gasteiger charge is 2.30. The Hall–Kier alpha value is -1.96. The van der Waals surface area contributed by atoms with E-state index in [0.717, 1.165) is 12.1 Å². The van der Waals surface area contributed by atoms with Crippen LogP contribution in [0.4, 0.5) is 13.2 Å². The molecule has 1 unspecified atom stereocenters. The van der Waals surface area contributed by atoms with Gasteiger partial charge in [0.05, 0.1) is 16.1 Å². The zero-order valence-electron chi connectivity index (χ0n) is 13.2. The van der Waals surface area contributed by atoms with Gasteiger partial charge in [0.15, 0.2) is 0 Å². The Morgan fingerprint density at radius 1 is 1.19 bits per heavy atom. The van der Waals surface area contributed by atoms with Gasteiger partial charge in [-0.25, -0.2) is 0 Å². The molecule has 2 rings (SSSR count). The number of hydrogen-bond acceptors (Lipinski definition) is 3. The minimum atomic E-state index is -4.48. The fourth-order valence-electron chi connectivity index (χ4n) is 1.99. The summed E-state index contributed by atoms with van der Waals surface area (Å²) in [4.78, 5) is 12.0. The SMILES string of the molecule is O=C(NCC(O)COc1cccc(C(F)(F)F)c1)c1ccc(Cl)cc1Cl. The third-order valence-corrected chi connectivity index (χ3v) is 3.83. The Bertz CT molecular complexity index is 784. The first-order valence-electron chi connectivity index (χ1n) is 7.38.